The number of morpholine rings is 1. The second kappa shape index (κ2) is 8.15. The maximum atomic E-state index is 12.8. The Morgan fingerprint density at radius 2 is 2.00 bits per heavy atom. The van der Waals surface area contributed by atoms with Crippen LogP contribution in [0.1, 0.15) is 5.56 Å². The summed E-state index contributed by atoms with van der Waals surface area (Å²) >= 11 is 0.850. The van der Waals surface area contributed by atoms with Gasteiger partial charge in [0.05, 0.1) is 24.7 Å². The largest absolute Gasteiger partial charge is 0.378 e. The van der Waals surface area contributed by atoms with Crippen molar-refractivity contribution < 1.29 is 19.1 Å². The van der Waals surface area contributed by atoms with E-state index in [1.807, 2.05) is 35.0 Å². The summed E-state index contributed by atoms with van der Waals surface area (Å²) in [5.74, 6) is 1.92. The Bertz CT molecular complexity index is 1060. The van der Waals surface area contributed by atoms with E-state index in [2.05, 4.69) is 5.92 Å². The molecule has 0 spiro atoms. The maximum absolute atomic E-state index is 12.8. The minimum Gasteiger partial charge on any atom is -0.378 e. The van der Waals surface area contributed by atoms with Gasteiger partial charge in [0.1, 0.15) is 6.54 Å². The second-order valence-corrected chi connectivity index (χ2v) is 7.69. The van der Waals surface area contributed by atoms with Gasteiger partial charge in [-0.2, -0.15) is 0 Å². The van der Waals surface area contributed by atoms with E-state index in [1.165, 1.54) is 0 Å². The molecule has 0 aliphatic carbocycles. The first kappa shape index (κ1) is 19.3. The van der Waals surface area contributed by atoms with E-state index < -0.39 is 11.1 Å². The minimum atomic E-state index is -0.449. The lowest BCUT2D eigenvalue weighted by Gasteiger charge is -2.28. The fourth-order valence-corrected chi connectivity index (χ4v) is 4.27. The van der Waals surface area contributed by atoms with Gasteiger partial charge in [-0.15, -0.1) is 6.42 Å². The number of nitrogens with zero attached hydrogens (tertiary/aromatic N) is 3. The highest BCUT2D eigenvalue weighted by atomic mass is 32.2. The number of para-hydroxylation sites is 1. The fraction of sp³-hybridized carbons (Fsp3) is 0.286. The molecule has 1 aromatic heterocycles. The van der Waals surface area contributed by atoms with E-state index in [-0.39, 0.29) is 12.5 Å². The first-order chi connectivity index (χ1) is 14.1. The van der Waals surface area contributed by atoms with Crippen LogP contribution in [0.15, 0.2) is 35.4 Å². The van der Waals surface area contributed by atoms with Crippen molar-refractivity contribution in [2.24, 2.45) is 0 Å². The van der Waals surface area contributed by atoms with Crippen molar-refractivity contribution in [3.8, 4) is 12.3 Å². The Kier molecular flexibility index (Phi) is 5.43. The van der Waals surface area contributed by atoms with E-state index in [9.17, 15) is 14.4 Å². The van der Waals surface area contributed by atoms with Gasteiger partial charge in [-0.1, -0.05) is 24.1 Å². The predicted octanol–water partition coefficient (Wildman–Crippen LogP) is 2.17. The van der Waals surface area contributed by atoms with Crippen LogP contribution in [0.3, 0.4) is 0 Å². The van der Waals surface area contributed by atoms with Crippen molar-refractivity contribution >= 4 is 45.8 Å². The molecule has 0 saturated carbocycles. The number of hydrogen-bond donors (Lipinski definition) is 0. The van der Waals surface area contributed by atoms with Gasteiger partial charge in [0.2, 0.25) is 5.91 Å². The van der Waals surface area contributed by atoms with Gasteiger partial charge in [0, 0.05) is 35.8 Å². The summed E-state index contributed by atoms with van der Waals surface area (Å²) in [5, 5.41) is 0.508. The number of amides is 3. The Hall–Kier alpha value is -3.02. The molecule has 2 aliphatic heterocycles. The first-order valence-electron chi connectivity index (χ1n) is 9.20. The summed E-state index contributed by atoms with van der Waals surface area (Å²) in [4.78, 5) is 40.5. The number of benzene rings is 1. The van der Waals surface area contributed by atoms with Crippen LogP contribution in [0.4, 0.5) is 4.79 Å². The molecule has 2 aliphatic rings. The molecule has 29 heavy (non-hydrogen) atoms. The van der Waals surface area contributed by atoms with Gasteiger partial charge in [-0.25, -0.2) is 0 Å². The molecule has 0 radical (unpaired) electrons. The quantitative estimate of drug-likeness (QED) is 0.572. The normalized spacial score (nSPS) is 18.7. The highest BCUT2D eigenvalue weighted by Gasteiger charge is 2.37. The Morgan fingerprint density at radius 1 is 1.24 bits per heavy atom. The van der Waals surface area contributed by atoms with Crippen LogP contribution >= 0.6 is 11.8 Å². The zero-order valence-corrected chi connectivity index (χ0v) is 16.5. The lowest BCUT2D eigenvalue weighted by atomic mass is 10.1. The molecule has 2 aromatic rings. The zero-order valence-electron chi connectivity index (χ0n) is 15.7. The van der Waals surface area contributed by atoms with E-state index in [0.29, 0.717) is 37.8 Å². The number of aromatic nitrogens is 1. The molecule has 0 atom stereocenters. The smallest absolute Gasteiger partial charge is 0.294 e. The van der Waals surface area contributed by atoms with Gasteiger partial charge in [-0.3, -0.25) is 19.3 Å². The van der Waals surface area contributed by atoms with Crippen molar-refractivity contribution in [3.63, 3.8) is 0 Å². The number of fused-ring (bicyclic) bond motifs is 1. The van der Waals surface area contributed by atoms with Gasteiger partial charge >= 0.3 is 0 Å². The van der Waals surface area contributed by atoms with Gasteiger partial charge in [0.25, 0.3) is 11.1 Å². The lowest BCUT2D eigenvalue weighted by molar-refractivity contribution is -0.139. The number of rotatable bonds is 4. The second-order valence-electron chi connectivity index (χ2n) is 6.69. The van der Waals surface area contributed by atoms with Crippen LogP contribution in [0.25, 0.3) is 17.0 Å². The molecule has 0 unspecified atom stereocenters. The van der Waals surface area contributed by atoms with Crippen LogP contribution in [0.5, 0.6) is 0 Å². The number of carbonyl (C=O) groups is 3. The van der Waals surface area contributed by atoms with Gasteiger partial charge in [0.15, 0.2) is 0 Å². The number of carbonyl (C=O) groups excluding carboxylic acids is 3. The molecule has 4 rings (SSSR count). The number of terminal acetylenes is 1. The van der Waals surface area contributed by atoms with Crippen LogP contribution in [-0.4, -0.2) is 64.3 Å². The van der Waals surface area contributed by atoms with Crippen molar-refractivity contribution in [1.82, 2.24) is 14.4 Å². The third kappa shape index (κ3) is 3.79. The fourth-order valence-electron chi connectivity index (χ4n) is 3.44. The zero-order chi connectivity index (χ0) is 20.4. The SMILES string of the molecule is C#CCn1cc(/C=C2\SC(=O)N(CC(=O)N3CCOCC3)C2=O)c2ccccc21. The van der Waals surface area contributed by atoms with Crippen molar-refractivity contribution in [3.05, 3.63) is 40.9 Å². The molecule has 2 saturated heterocycles. The number of thioether (sulfide) groups is 1. The van der Waals surface area contributed by atoms with E-state index in [4.69, 9.17) is 11.2 Å². The van der Waals surface area contributed by atoms with E-state index in [0.717, 1.165) is 33.1 Å². The summed E-state index contributed by atoms with van der Waals surface area (Å²) < 4.78 is 7.16. The van der Waals surface area contributed by atoms with Crippen LogP contribution in [0.2, 0.25) is 0 Å². The molecule has 7 nitrogen and oxygen atoms in total. The summed E-state index contributed by atoms with van der Waals surface area (Å²) in [6.07, 6.45) is 9.02. The molecule has 3 amide bonds. The van der Waals surface area contributed by atoms with Crippen molar-refractivity contribution in [2.45, 2.75) is 6.54 Å². The third-order valence-electron chi connectivity index (χ3n) is 4.90. The highest BCUT2D eigenvalue weighted by Crippen LogP contribution is 2.34. The molecule has 0 bridgehead atoms. The van der Waals surface area contributed by atoms with E-state index in [1.54, 1.807) is 11.0 Å². The number of imide groups is 1. The minimum absolute atomic E-state index is 0.248. The number of hydrogen-bond acceptors (Lipinski definition) is 5. The number of ether oxygens (including phenoxy) is 1. The van der Waals surface area contributed by atoms with Crippen molar-refractivity contribution in [1.29, 1.82) is 0 Å². The van der Waals surface area contributed by atoms with Crippen LogP contribution in [-0.2, 0) is 20.9 Å². The van der Waals surface area contributed by atoms with Gasteiger partial charge in [-0.05, 0) is 23.9 Å². The standard InChI is InChI=1S/C21H19N3O4S/c1-2-7-23-13-15(16-5-3-4-6-17(16)23)12-18-20(26)24(21(27)29-18)14-19(25)22-8-10-28-11-9-22/h1,3-6,12-13H,7-11,14H2/b18-12-. The summed E-state index contributed by atoms with van der Waals surface area (Å²) in [5.41, 5.74) is 1.76. The monoisotopic (exact) mass is 409 g/mol. The van der Waals surface area contributed by atoms with Crippen LogP contribution < -0.4 is 0 Å². The maximum Gasteiger partial charge on any atom is 0.294 e. The van der Waals surface area contributed by atoms with Gasteiger partial charge < -0.3 is 14.2 Å². The molecule has 3 heterocycles. The molecular weight excluding hydrogens is 390 g/mol. The predicted molar refractivity (Wildman–Crippen MR) is 111 cm³/mol. The van der Waals surface area contributed by atoms with E-state index >= 15 is 0 Å². The Balaban J connectivity index is 1.57. The summed E-state index contributed by atoms with van der Waals surface area (Å²) in [6.45, 7) is 2.04. The Labute approximate surface area is 172 Å². The molecule has 1 aromatic carbocycles. The summed E-state index contributed by atoms with van der Waals surface area (Å²) in [7, 11) is 0. The molecule has 2 fully saturated rings. The average Bonchev–Trinajstić information content (AvgIpc) is 3.21. The van der Waals surface area contributed by atoms with Crippen LogP contribution in [0, 0.1) is 12.3 Å². The molecular formula is C21H19N3O4S. The molecule has 0 N–H and O–H groups in total. The summed E-state index contributed by atoms with van der Waals surface area (Å²) in [6, 6.07) is 7.73. The highest BCUT2D eigenvalue weighted by molar-refractivity contribution is 8.18. The first-order valence-corrected chi connectivity index (χ1v) is 10.0. The third-order valence-corrected chi connectivity index (χ3v) is 5.81. The average molecular weight is 409 g/mol. The molecule has 8 heteroatoms. The molecule has 148 valence electrons. The Morgan fingerprint density at radius 3 is 2.76 bits per heavy atom. The topological polar surface area (TPSA) is 71.8 Å². The van der Waals surface area contributed by atoms with Crippen molar-refractivity contribution in [2.75, 3.05) is 32.8 Å². The lowest BCUT2D eigenvalue weighted by Crippen LogP contribution is -2.46.